The predicted molar refractivity (Wildman–Crippen MR) is 60.5 cm³/mol. The minimum Gasteiger partial charge on any atom is -0.314 e. The molecule has 2 heteroatoms. The van der Waals surface area contributed by atoms with Crippen LogP contribution in [0.2, 0.25) is 0 Å². The molecule has 0 bridgehead atoms. The highest BCUT2D eigenvalue weighted by Gasteiger charge is 2.14. The van der Waals surface area contributed by atoms with Crippen LogP contribution in [0.4, 0.5) is 0 Å². The molecule has 1 nitrogen and oxygen atoms in total. The lowest BCUT2D eigenvalue weighted by Crippen LogP contribution is -2.38. The normalized spacial score (nSPS) is 15.1. The van der Waals surface area contributed by atoms with E-state index in [2.05, 4.69) is 5.32 Å². The Bertz CT molecular complexity index is 309. The molecule has 0 spiro atoms. The quantitative estimate of drug-likeness (QED) is 0.795. The summed E-state index contributed by atoms with van der Waals surface area (Å²) in [5.74, 6) is 0. The van der Waals surface area contributed by atoms with Gasteiger partial charge < -0.3 is 5.32 Å². The van der Waals surface area contributed by atoms with Gasteiger partial charge in [0.25, 0.3) is 0 Å². The zero-order chi connectivity index (χ0) is 11.5. The topological polar surface area (TPSA) is 12.0 Å². The third kappa shape index (κ3) is 4.30. The van der Waals surface area contributed by atoms with E-state index in [4.69, 9.17) is 4.11 Å². The summed E-state index contributed by atoms with van der Waals surface area (Å²) in [6.45, 7) is 1.71. The monoisotopic (exact) mass is 202 g/mol. The fourth-order valence-corrected chi connectivity index (χ4v) is 1.15. The Morgan fingerprint density at radius 1 is 1.31 bits per heavy atom. The average Bonchev–Trinajstić information content (AvgIpc) is 1.99. The van der Waals surface area contributed by atoms with E-state index in [0.717, 1.165) is 5.56 Å². The van der Waals surface area contributed by atoms with Crippen molar-refractivity contribution in [2.24, 2.45) is 0 Å². The molecule has 0 saturated carbocycles. The Morgan fingerprint density at radius 3 is 2.46 bits per heavy atom. The van der Waals surface area contributed by atoms with Gasteiger partial charge in [-0.25, -0.2) is 0 Å². The minimum atomic E-state index is -2.09. The second kappa shape index (κ2) is 5.25. The van der Waals surface area contributed by atoms with Crippen molar-refractivity contribution in [2.75, 3.05) is 6.98 Å². The highest BCUT2D eigenvalue weighted by Crippen LogP contribution is 2.10. The van der Waals surface area contributed by atoms with Crippen LogP contribution in [0.1, 0.15) is 23.5 Å². The lowest BCUT2D eigenvalue weighted by Gasteiger charge is -2.23. The minimum absolute atomic E-state index is 0. The highest BCUT2D eigenvalue weighted by molar-refractivity contribution is 5.85. The summed E-state index contributed by atoms with van der Waals surface area (Å²) >= 11 is 0. The smallest absolute Gasteiger partial charge is 0.0392 e. The van der Waals surface area contributed by atoms with Gasteiger partial charge in [-0.3, -0.25) is 0 Å². The molecule has 0 fully saturated rings. The first-order valence-corrected chi connectivity index (χ1v) is 4.12. The van der Waals surface area contributed by atoms with Gasteiger partial charge in [-0.15, -0.1) is 12.4 Å². The molecule has 0 radical (unpaired) electrons. The van der Waals surface area contributed by atoms with Crippen LogP contribution in [0.3, 0.4) is 0 Å². The van der Waals surface area contributed by atoms with Crippen molar-refractivity contribution in [3.05, 3.63) is 35.9 Å². The molecule has 0 heterocycles. The van der Waals surface area contributed by atoms with Crippen LogP contribution < -0.4 is 5.32 Å². The summed E-state index contributed by atoms with van der Waals surface area (Å²) in [7, 11) is 0. The van der Waals surface area contributed by atoms with Crippen LogP contribution in [0.15, 0.2) is 30.3 Å². The van der Waals surface area contributed by atoms with Crippen molar-refractivity contribution >= 4 is 12.4 Å². The lowest BCUT2D eigenvalue weighted by molar-refractivity contribution is 0.422. The Kier molecular flexibility index (Phi) is 3.17. The number of hydrogen-bond donors (Lipinski definition) is 1. The van der Waals surface area contributed by atoms with Gasteiger partial charge in [0.15, 0.2) is 0 Å². The summed E-state index contributed by atoms with van der Waals surface area (Å²) in [5.41, 5.74) is 0.714. The summed E-state index contributed by atoms with van der Waals surface area (Å²) in [6.07, 6.45) is 0.701. The van der Waals surface area contributed by atoms with Crippen LogP contribution in [0.25, 0.3) is 0 Å². The summed E-state index contributed by atoms with van der Waals surface area (Å²) in [6, 6.07) is 9.88. The highest BCUT2D eigenvalue weighted by atomic mass is 35.5. The average molecular weight is 203 g/mol. The maximum absolute atomic E-state index is 7.18. The van der Waals surface area contributed by atoms with Crippen molar-refractivity contribution in [2.45, 2.75) is 25.8 Å². The second-order valence-corrected chi connectivity index (χ2v) is 3.67. The van der Waals surface area contributed by atoms with Crippen molar-refractivity contribution in [1.82, 2.24) is 5.32 Å². The summed E-state index contributed by atoms with van der Waals surface area (Å²) < 4.78 is 21.5. The van der Waals surface area contributed by atoms with Crippen LogP contribution >= 0.6 is 12.4 Å². The van der Waals surface area contributed by atoms with Gasteiger partial charge in [-0.2, -0.15) is 0 Å². The van der Waals surface area contributed by atoms with E-state index in [1.165, 1.54) is 0 Å². The zero-order valence-corrected chi connectivity index (χ0v) is 8.82. The number of hydrogen-bond acceptors (Lipinski definition) is 1. The maximum atomic E-state index is 7.18. The second-order valence-electron chi connectivity index (χ2n) is 3.67. The van der Waals surface area contributed by atoms with Crippen LogP contribution in [0.5, 0.6) is 0 Å². The van der Waals surface area contributed by atoms with E-state index in [0.29, 0.717) is 6.42 Å². The molecule has 1 aromatic rings. The van der Waals surface area contributed by atoms with Crippen molar-refractivity contribution < 1.29 is 4.11 Å². The van der Waals surface area contributed by atoms with Crippen LogP contribution in [0, 0.1) is 0 Å². The Morgan fingerprint density at radius 2 is 1.92 bits per heavy atom. The Balaban J connectivity index is 0.00000225. The van der Waals surface area contributed by atoms with Crippen molar-refractivity contribution in [1.29, 1.82) is 0 Å². The SMILES string of the molecule is Cl.[2H]C([2H])([2H])NC(C)(C)Cc1ccccc1. The van der Waals surface area contributed by atoms with Crippen molar-refractivity contribution in [3.63, 3.8) is 0 Å². The molecular formula is C11H18ClN. The molecule has 1 aromatic carbocycles. The number of rotatable bonds is 3. The largest absolute Gasteiger partial charge is 0.314 e. The molecule has 1 N–H and O–H groups in total. The zero-order valence-electron chi connectivity index (χ0n) is 11.0. The Labute approximate surface area is 91.2 Å². The molecule has 0 unspecified atom stereocenters. The third-order valence-corrected chi connectivity index (χ3v) is 1.83. The standard InChI is InChI=1S/C11H17N.ClH/c1-11(2,12-3)9-10-7-5-4-6-8-10;/h4-8,12H,9H2,1-3H3;1H/i3D3;. The van der Waals surface area contributed by atoms with Gasteiger partial charge >= 0.3 is 0 Å². The molecule has 0 saturated heterocycles. The fraction of sp³-hybridized carbons (Fsp3) is 0.455. The van der Waals surface area contributed by atoms with Crippen LogP contribution in [-0.2, 0) is 6.42 Å². The van der Waals surface area contributed by atoms with Gasteiger partial charge in [0, 0.05) is 9.65 Å². The summed E-state index contributed by atoms with van der Waals surface area (Å²) in [4.78, 5) is 0. The van der Waals surface area contributed by atoms with Crippen LogP contribution in [-0.4, -0.2) is 12.5 Å². The molecule has 0 aromatic heterocycles. The lowest BCUT2D eigenvalue weighted by atomic mass is 9.95. The molecular weight excluding hydrogens is 182 g/mol. The van der Waals surface area contributed by atoms with E-state index in [9.17, 15) is 0 Å². The molecule has 1 rings (SSSR count). The van der Waals surface area contributed by atoms with Gasteiger partial charge in [0.1, 0.15) is 0 Å². The molecule has 0 aliphatic carbocycles. The molecule has 74 valence electrons. The Hall–Kier alpha value is -0.530. The van der Waals surface area contributed by atoms with E-state index in [1.54, 1.807) is 0 Å². The number of likely N-dealkylation sites (N-methyl/N-ethyl adjacent to an activating group) is 1. The molecule has 13 heavy (non-hydrogen) atoms. The maximum Gasteiger partial charge on any atom is 0.0392 e. The summed E-state index contributed by atoms with van der Waals surface area (Å²) in [5, 5.41) is 2.64. The first-order valence-electron chi connectivity index (χ1n) is 5.62. The number of benzene rings is 1. The van der Waals surface area contributed by atoms with Gasteiger partial charge in [0.2, 0.25) is 0 Å². The van der Waals surface area contributed by atoms with Gasteiger partial charge in [-0.1, -0.05) is 30.3 Å². The van der Waals surface area contributed by atoms with E-state index in [-0.39, 0.29) is 12.4 Å². The van der Waals surface area contributed by atoms with Gasteiger partial charge in [-0.05, 0) is 32.8 Å². The third-order valence-electron chi connectivity index (χ3n) is 1.83. The molecule has 0 atom stereocenters. The predicted octanol–water partition coefficient (Wildman–Crippen LogP) is 2.65. The van der Waals surface area contributed by atoms with E-state index in [1.807, 2.05) is 44.2 Å². The van der Waals surface area contributed by atoms with Crippen molar-refractivity contribution in [3.8, 4) is 0 Å². The first-order chi connectivity index (χ1) is 6.79. The first kappa shape index (κ1) is 7.84. The number of nitrogens with one attached hydrogen (secondary N) is 1. The van der Waals surface area contributed by atoms with E-state index >= 15 is 0 Å². The van der Waals surface area contributed by atoms with E-state index < -0.39 is 12.5 Å². The number of halogens is 1. The fourth-order valence-electron chi connectivity index (χ4n) is 1.15. The molecule has 0 amide bonds. The molecule has 0 aliphatic rings. The molecule has 0 aliphatic heterocycles. The van der Waals surface area contributed by atoms with Gasteiger partial charge in [0.05, 0.1) is 0 Å².